The Kier molecular flexibility index (Phi) is 5.67. The van der Waals surface area contributed by atoms with E-state index in [4.69, 9.17) is 9.47 Å². The molecule has 3 nitrogen and oxygen atoms in total. The molecular formula is C15H22BrNO2. The zero-order chi connectivity index (χ0) is 13.7. The third kappa shape index (κ3) is 4.20. The molecule has 1 aliphatic rings. The molecule has 19 heavy (non-hydrogen) atoms. The van der Waals surface area contributed by atoms with Gasteiger partial charge in [0.2, 0.25) is 0 Å². The standard InChI is InChI=1S/C15H22BrNO2/c1-11(17-8-7-13-4-3-9-19-13)12-5-6-15(18-2)14(16)10-12/h5-6,10-11,13,17H,3-4,7-9H2,1-2H3. The summed E-state index contributed by atoms with van der Waals surface area (Å²) in [6, 6.07) is 6.55. The fourth-order valence-electron chi connectivity index (χ4n) is 2.40. The third-order valence-corrected chi connectivity index (χ3v) is 4.24. The van der Waals surface area contributed by atoms with Gasteiger partial charge in [0.25, 0.3) is 0 Å². The summed E-state index contributed by atoms with van der Waals surface area (Å²) in [6.07, 6.45) is 3.99. The van der Waals surface area contributed by atoms with E-state index < -0.39 is 0 Å². The fraction of sp³-hybridized carbons (Fsp3) is 0.600. The van der Waals surface area contributed by atoms with Crippen LogP contribution in [-0.2, 0) is 4.74 Å². The van der Waals surface area contributed by atoms with Gasteiger partial charge in [-0.1, -0.05) is 6.07 Å². The molecule has 0 radical (unpaired) electrons. The molecule has 1 heterocycles. The van der Waals surface area contributed by atoms with Gasteiger partial charge in [0.05, 0.1) is 17.7 Å². The number of ether oxygens (including phenoxy) is 2. The predicted molar refractivity (Wildman–Crippen MR) is 80.7 cm³/mol. The van der Waals surface area contributed by atoms with Crippen LogP contribution in [0.15, 0.2) is 22.7 Å². The maximum absolute atomic E-state index is 5.63. The van der Waals surface area contributed by atoms with Crippen molar-refractivity contribution in [3.63, 3.8) is 0 Å². The van der Waals surface area contributed by atoms with Crippen molar-refractivity contribution >= 4 is 15.9 Å². The molecule has 1 aliphatic heterocycles. The maximum Gasteiger partial charge on any atom is 0.133 e. The first-order valence-electron chi connectivity index (χ1n) is 6.89. The van der Waals surface area contributed by atoms with Gasteiger partial charge in [-0.05, 0) is 66.4 Å². The lowest BCUT2D eigenvalue weighted by Gasteiger charge is -2.17. The van der Waals surface area contributed by atoms with Gasteiger partial charge in [-0.25, -0.2) is 0 Å². The smallest absolute Gasteiger partial charge is 0.133 e. The highest BCUT2D eigenvalue weighted by molar-refractivity contribution is 9.10. The number of halogens is 1. The zero-order valence-corrected chi connectivity index (χ0v) is 13.2. The van der Waals surface area contributed by atoms with Crippen molar-refractivity contribution in [1.29, 1.82) is 0 Å². The Hall–Kier alpha value is -0.580. The second-order valence-electron chi connectivity index (χ2n) is 4.99. The number of hydrogen-bond acceptors (Lipinski definition) is 3. The Labute approximate surface area is 123 Å². The van der Waals surface area contributed by atoms with Gasteiger partial charge in [-0.15, -0.1) is 0 Å². The molecule has 0 spiro atoms. The Bertz CT molecular complexity index is 405. The van der Waals surface area contributed by atoms with Gasteiger partial charge in [0, 0.05) is 12.6 Å². The first-order valence-corrected chi connectivity index (χ1v) is 7.68. The molecule has 1 aromatic rings. The van der Waals surface area contributed by atoms with Crippen molar-refractivity contribution in [3.05, 3.63) is 28.2 Å². The third-order valence-electron chi connectivity index (χ3n) is 3.62. The molecule has 2 atom stereocenters. The molecule has 0 amide bonds. The van der Waals surface area contributed by atoms with Crippen LogP contribution < -0.4 is 10.1 Å². The van der Waals surface area contributed by atoms with Crippen molar-refractivity contribution in [2.24, 2.45) is 0 Å². The van der Waals surface area contributed by atoms with Gasteiger partial charge in [0.15, 0.2) is 0 Å². The van der Waals surface area contributed by atoms with Gasteiger partial charge < -0.3 is 14.8 Å². The van der Waals surface area contributed by atoms with Crippen LogP contribution in [0.25, 0.3) is 0 Å². The number of rotatable bonds is 6. The number of hydrogen-bond donors (Lipinski definition) is 1. The lowest BCUT2D eigenvalue weighted by atomic mass is 10.1. The summed E-state index contributed by atoms with van der Waals surface area (Å²) in [6.45, 7) is 4.12. The lowest BCUT2D eigenvalue weighted by Crippen LogP contribution is -2.23. The molecule has 1 aromatic carbocycles. The van der Waals surface area contributed by atoms with Gasteiger partial charge in [0.1, 0.15) is 5.75 Å². The number of benzene rings is 1. The average molecular weight is 328 g/mol. The van der Waals surface area contributed by atoms with Gasteiger partial charge in [-0.3, -0.25) is 0 Å². The molecule has 4 heteroatoms. The molecular weight excluding hydrogens is 306 g/mol. The quantitative estimate of drug-likeness (QED) is 0.864. The van der Waals surface area contributed by atoms with Crippen LogP contribution in [0.1, 0.15) is 37.8 Å². The van der Waals surface area contributed by atoms with E-state index in [0.717, 1.165) is 29.8 Å². The van der Waals surface area contributed by atoms with E-state index in [1.807, 2.05) is 6.07 Å². The molecule has 0 bridgehead atoms. The van der Waals surface area contributed by atoms with Crippen LogP contribution in [0.4, 0.5) is 0 Å². The van der Waals surface area contributed by atoms with Gasteiger partial charge in [-0.2, -0.15) is 0 Å². The van der Waals surface area contributed by atoms with Crippen LogP contribution in [0.5, 0.6) is 5.75 Å². The summed E-state index contributed by atoms with van der Waals surface area (Å²) in [4.78, 5) is 0. The van der Waals surface area contributed by atoms with Crippen molar-refractivity contribution in [3.8, 4) is 5.75 Å². The van der Waals surface area contributed by atoms with Crippen LogP contribution in [0.3, 0.4) is 0 Å². The fourth-order valence-corrected chi connectivity index (χ4v) is 2.96. The summed E-state index contributed by atoms with van der Waals surface area (Å²) >= 11 is 3.52. The van der Waals surface area contributed by atoms with Gasteiger partial charge >= 0.3 is 0 Å². The minimum Gasteiger partial charge on any atom is -0.496 e. The Morgan fingerprint density at radius 2 is 2.37 bits per heavy atom. The van der Waals surface area contributed by atoms with Crippen LogP contribution in [0.2, 0.25) is 0 Å². The SMILES string of the molecule is COc1ccc(C(C)NCCC2CCCO2)cc1Br. The van der Waals surface area contributed by atoms with E-state index in [0.29, 0.717) is 12.1 Å². The van der Waals surface area contributed by atoms with Crippen LogP contribution in [-0.4, -0.2) is 26.4 Å². The van der Waals surface area contributed by atoms with Crippen LogP contribution >= 0.6 is 15.9 Å². The topological polar surface area (TPSA) is 30.5 Å². The monoisotopic (exact) mass is 327 g/mol. The minimum absolute atomic E-state index is 0.337. The second kappa shape index (κ2) is 7.27. The van der Waals surface area contributed by atoms with Crippen molar-refractivity contribution in [1.82, 2.24) is 5.32 Å². The van der Waals surface area contributed by atoms with Crippen molar-refractivity contribution in [2.45, 2.75) is 38.3 Å². The van der Waals surface area contributed by atoms with E-state index >= 15 is 0 Å². The molecule has 0 aromatic heterocycles. The Morgan fingerprint density at radius 3 is 3.00 bits per heavy atom. The van der Waals surface area contributed by atoms with Crippen molar-refractivity contribution in [2.75, 3.05) is 20.3 Å². The lowest BCUT2D eigenvalue weighted by molar-refractivity contribution is 0.103. The molecule has 0 saturated carbocycles. The molecule has 1 saturated heterocycles. The normalized spacial score (nSPS) is 20.5. The molecule has 2 unspecified atom stereocenters. The molecule has 1 N–H and O–H groups in total. The summed E-state index contributed by atoms with van der Waals surface area (Å²) in [5.74, 6) is 0.871. The van der Waals surface area contributed by atoms with Crippen molar-refractivity contribution < 1.29 is 9.47 Å². The minimum atomic E-state index is 0.337. The Morgan fingerprint density at radius 1 is 1.53 bits per heavy atom. The summed E-state index contributed by atoms with van der Waals surface area (Å²) < 4.78 is 11.9. The van der Waals surface area contributed by atoms with E-state index in [-0.39, 0.29) is 0 Å². The van der Waals surface area contributed by atoms with E-state index in [1.54, 1.807) is 7.11 Å². The number of methoxy groups -OCH3 is 1. The average Bonchev–Trinajstić information content (AvgIpc) is 2.91. The highest BCUT2D eigenvalue weighted by atomic mass is 79.9. The Balaban J connectivity index is 1.81. The van der Waals surface area contributed by atoms with E-state index in [2.05, 4.69) is 40.3 Å². The first kappa shape index (κ1) is 14.8. The predicted octanol–water partition coefficient (Wildman–Crippen LogP) is 3.68. The van der Waals surface area contributed by atoms with E-state index in [9.17, 15) is 0 Å². The second-order valence-corrected chi connectivity index (χ2v) is 5.85. The molecule has 2 rings (SSSR count). The summed E-state index contributed by atoms with van der Waals surface area (Å²) in [5, 5.41) is 3.55. The summed E-state index contributed by atoms with van der Waals surface area (Å²) in [5.41, 5.74) is 1.26. The highest BCUT2D eigenvalue weighted by Gasteiger charge is 2.15. The molecule has 1 fully saturated rings. The van der Waals surface area contributed by atoms with Crippen LogP contribution in [0, 0.1) is 0 Å². The summed E-state index contributed by atoms with van der Waals surface area (Å²) in [7, 11) is 1.68. The van der Waals surface area contributed by atoms with E-state index in [1.165, 1.54) is 18.4 Å². The zero-order valence-electron chi connectivity index (χ0n) is 11.6. The molecule has 0 aliphatic carbocycles. The number of nitrogens with one attached hydrogen (secondary N) is 1. The highest BCUT2D eigenvalue weighted by Crippen LogP contribution is 2.28. The maximum atomic E-state index is 5.63. The first-order chi connectivity index (χ1) is 9.20. The molecule has 106 valence electrons. The largest absolute Gasteiger partial charge is 0.496 e.